The van der Waals surface area contributed by atoms with Gasteiger partial charge in [0.15, 0.2) is 0 Å². The summed E-state index contributed by atoms with van der Waals surface area (Å²) in [6.07, 6.45) is -0.616. The van der Waals surface area contributed by atoms with Crippen LogP contribution in [-0.2, 0) is 16.1 Å². The van der Waals surface area contributed by atoms with E-state index in [0.29, 0.717) is 0 Å². The summed E-state index contributed by atoms with van der Waals surface area (Å²) in [6, 6.07) is 16.4. The average molecular weight is 340 g/mol. The zero-order chi connectivity index (χ0) is 18.2. The molecular formula is C20H24N2O3. The highest BCUT2D eigenvalue weighted by atomic mass is 16.5. The molecule has 0 heterocycles. The molecule has 0 saturated carbocycles. The molecule has 25 heavy (non-hydrogen) atoms. The lowest BCUT2D eigenvalue weighted by Crippen LogP contribution is -2.45. The monoisotopic (exact) mass is 340 g/mol. The second kappa shape index (κ2) is 8.87. The fourth-order valence-electron chi connectivity index (χ4n) is 2.50. The molecule has 0 unspecified atom stereocenters. The molecule has 0 bridgehead atoms. The molecule has 2 rings (SSSR count). The first-order valence-electron chi connectivity index (χ1n) is 8.30. The third-order valence-electron chi connectivity index (χ3n) is 3.95. The molecule has 0 saturated heterocycles. The van der Waals surface area contributed by atoms with Gasteiger partial charge in [-0.05, 0) is 37.5 Å². The molecule has 132 valence electrons. The fraction of sp³-hybridized carbons (Fsp3) is 0.300. The van der Waals surface area contributed by atoms with Crippen molar-refractivity contribution in [1.29, 1.82) is 0 Å². The van der Waals surface area contributed by atoms with Gasteiger partial charge >= 0.3 is 6.09 Å². The van der Waals surface area contributed by atoms with E-state index in [4.69, 9.17) is 4.74 Å². The molecule has 2 N–H and O–H groups in total. The van der Waals surface area contributed by atoms with Crippen LogP contribution in [0.25, 0.3) is 0 Å². The third-order valence-corrected chi connectivity index (χ3v) is 3.95. The zero-order valence-corrected chi connectivity index (χ0v) is 14.8. The van der Waals surface area contributed by atoms with E-state index in [1.165, 1.54) is 0 Å². The Hall–Kier alpha value is -2.82. The van der Waals surface area contributed by atoms with Crippen LogP contribution in [0.3, 0.4) is 0 Å². The molecule has 0 aromatic heterocycles. The average Bonchev–Trinajstić information content (AvgIpc) is 2.61. The van der Waals surface area contributed by atoms with Crippen LogP contribution in [0.15, 0.2) is 54.6 Å². The van der Waals surface area contributed by atoms with Gasteiger partial charge in [-0.2, -0.15) is 0 Å². The second-order valence-corrected chi connectivity index (χ2v) is 6.01. The number of carbonyl (C=O) groups excluding carboxylic acids is 2. The van der Waals surface area contributed by atoms with Crippen molar-refractivity contribution < 1.29 is 14.3 Å². The Morgan fingerprint density at radius 1 is 0.960 bits per heavy atom. The van der Waals surface area contributed by atoms with E-state index in [1.807, 2.05) is 68.4 Å². The summed E-state index contributed by atoms with van der Waals surface area (Å²) in [4.78, 5) is 24.1. The van der Waals surface area contributed by atoms with E-state index >= 15 is 0 Å². The minimum atomic E-state index is -0.685. The van der Waals surface area contributed by atoms with Crippen molar-refractivity contribution in [3.63, 3.8) is 0 Å². The highest BCUT2D eigenvalue weighted by molar-refractivity contribution is 5.85. The van der Waals surface area contributed by atoms with Crippen LogP contribution in [0.1, 0.15) is 36.6 Å². The first kappa shape index (κ1) is 18.5. The molecule has 2 aromatic rings. The maximum Gasteiger partial charge on any atom is 0.408 e. The number of rotatable bonds is 6. The smallest absolute Gasteiger partial charge is 0.408 e. The third kappa shape index (κ3) is 5.64. The molecule has 0 aliphatic carbocycles. The van der Waals surface area contributed by atoms with Crippen molar-refractivity contribution in [1.82, 2.24) is 10.6 Å². The largest absolute Gasteiger partial charge is 0.445 e. The van der Waals surface area contributed by atoms with Crippen LogP contribution in [0.2, 0.25) is 0 Å². The van der Waals surface area contributed by atoms with Gasteiger partial charge in [0.1, 0.15) is 12.6 Å². The molecule has 0 spiro atoms. The van der Waals surface area contributed by atoms with E-state index < -0.39 is 12.1 Å². The molecule has 5 heteroatoms. The van der Waals surface area contributed by atoms with Gasteiger partial charge in [-0.1, -0.05) is 54.6 Å². The maximum absolute atomic E-state index is 12.3. The van der Waals surface area contributed by atoms with E-state index in [0.717, 1.165) is 16.7 Å². The van der Waals surface area contributed by atoms with Gasteiger partial charge in [-0.15, -0.1) is 0 Å². The quantitative estimate of drug-likeness (QED) is 0.846. The Morgan fingerprint density at radius 2 is 1.60 bits per heavy atom. The molecule has 2 aromatic carbocycles. The Morgan fingerprint density at radius 3 is 2.28 bits per heavy atom. The van der Waals surface area contributed by atoms with Crippen molar-refractivity contribution in [2.45, 2.75) is 39.5 Å². The second-order valence-electron chi connectivity index (χ2n) is 6.01. The molecule has 0 fully saturated rings. The summed E-state index contributed by atoms with van der Waals surface area (Å²) >= 11 is 0. The molecule has 5 nitrogen and oxygen atoms in total. The Labute approximate surface area is 148 Å². The standard InChI is InChI=1S/C20H24N2O3/c1-14-9-7-8-12-18(14)15(2)21-19(23)16(3)22-20(24)25-13-17-10-5-4-6-11-17/h4-12,15-16H,13H2,1-3H3,(H,21,23)(H,22,24)/t15-,16-/m1/s1. The summed E-state index contributed by atoms with van der Waals surface area (Å²) < 4.78 is 5.13. The van der Waals surface area contributed by atoms with Gasteiger partial charge in [-0.25, -0.2) is 4.79 Å². The first-order chi connectivity index (χ1) is 12.0. The highest BCUT2D eigenvalue weighted by Crippen LogP contribution is 2.16. The van der Waals surface area contributed by atoms with Crippen molar-refractivity contribution in [3.8, 4) is 0 Å². The van der Waals surface area contributed by atoms with Crippen LogP contribution >= 0.6 is 0 Å². The lowest BCUT2D eigenvalue weighted by atomic mass is 10.0. The Bertz CT molecular complexity index is 716. The summed E-state index contributed by atoms with van der Waals surface area (Å²) in [6.45, 7) is 5.71. The van der Waals surface area contributed by atoms with Crippen LogP contribution in [0.4, 0.5) is 4.79 Å². The molecule has 2 amide bonds. The molecular weight excluding hydrogens is 316 g/mol. The number of nitrogens with one attached hydrogen (secondary N) is 2. The SMILES string of the molecule is Cc1ccccc1[C@@H](C)NC(=O)[C@@H](C)NC(=O)OCc1ccccc1. The molecule has 0 aliphatic rings. The van der Waals surface area contributed by atoms with Gasteiger partial charge in [0, 0.05) is 0 Å². The van der Waals surface area contributed by atoms with Crippen LogP contribution in [0, 0.1) is 6.92 Å². The fourth-order valence-corrected chi connectivity index (χ4v) is 2.50. The zero-order valence-electron chi connectivity index (χ0n) is 14.8. The topological polar surface area (TPSA) is 67.4 Å². The van der Waals surface area contributed by atoms with Crippen LogP contribution in [0.5, 0.6) is 0 Å². The van der Waals surface area contributed by atoms with Crippen molar-refractivity contribution in [2.75, 3.05) is 0 Å². The number of aryl methyl sites for hydroxylation is 1. The lowest BCUT2D eigenvalue weighted by molar-refractivity contribution is -0.123. The van der Waals surface area contributed by atoms with Crippen LogP contribution < -0.4 is 10.6 Å². The summed E-state index contributed by atoms with van der Waals surface area (Å²) in [5, 5.41) is 5.45. The summed E-state index contributed by atoms with van der Waals surface area (Å²) in [7, 11) is 0. The predicted molar refractivity (Wildman–Crippen MR) is 97.0 cm³/mol. The molecule has 0 radical (unpaired) electrons. The maximum atomic E-state index is 12.3. The van der Waals surface area contributed by atoms with Gasteiger partial charge < -0.3 is 15.4 Å². The molecule has 0 aliphatic heterocycles. The minimum Gasteiger partial charge on any atom is -0.445 e. The Balaban J connectivity index is 1.81. The number of amides is 2. The van der Waals surface area contributed by atoms with Gasteiger partial charge in [0.25, 0.3) is 0 Å². The molecule has 2 atom stereocenters. The Kier molecular flexibility index (Phi) is 6.57. The van der Waals surface area contributed by atoms with E-state index in [9.17, 15) is 9.59 Å². The normalized spacial score (nSPS) is 12.8. The summed E-state index contributed by atoms with van der Waals surface area (Å²) in [5.74, 6) is -0.257. The number of hydrogen-bond donors (Lipinski definition) is 2. The first-order valence-corrected chi connectivity index (χ1v) is 8.30. The number of alkyl carbamates (subject to hydrolysis) is 1. The van der Waals surface area contributed by atoms with Crippen molar-refractivity contribution in [2.24, 2.45) is 0 Å². The van der Waals surface area contributed by atoms with E-state index in [2.05, 4.69) is 10.6 Å². The van der Waals surface area contributed by atoms with Gasteiger partial charge in [0.2, 0.25) is 5.91 Å². The highest BCUT2D eigenvalue weighted by Gasteiger charge is 2.19. The summed E-state index contributed by atoms with van der Waals surface area (Å²) in [5.41, 5.74) is 3.05. The van der Waals surface area contributed by atoms with E-state index in [1.54, 1.807) is 6.92 Å². The number of ether oxygens (including phenoxy) is 1. The van der Waals surface area contributed by atoms with Crippen molar-refractivity contribution >= 4 is 12.0 Å². The van der Waals surface area contributed by atoms with Gasteiger partial charge in [-0.3, -0.25) is 4.79 Å². The van der Waals surface area contributed by atoms with E-state index in [-0.39, 0.29) is 18.6 Å². The number of benzene rings is 2. The van der Waals surface area contributed by atoms with Crippen LogP contribution in [-0.4, -0.2) is 18.0 Å². The number of carbonyl (C=O) groups is 2. The minimum absolute atomic E-state index is 0.140. The predicted octanol–water partition coefficient (Wildman–Crippen LogP) is 3.49. The number of hydrogen-bond acceptors (Lipinski definition) is 3. The van der Waals surface area contributed by atoms with Gasteiger partial charge in [0.05, 0.1) is 6.04 Å². The van der Waals surface area contributed by atoms with Crippen molar-refractivity contribution in [3.05, 3.63) is 71.3 Å². The lowest BCUT2D eigenvalue weighted by Gasteiger charge is -2.20.